The zero-order valence-electron chi connectivity index (χ0n) is 17.5. The molecule has 0 amide bonds. The Morgan fingerprint density at radius 2 is 2.00 bits per heavy atom. The lowest BCUT2D eigenvalue weighted by atomic mass is 9.92. The van der Waals surface area contributed by atoms with Crippen molar-refractivity contribution in [2.24, 2.45) is 5.92 Å². The number of anilines is 1. The first kappa shape index (κ1) is 20.7. The number of H-pyrrole nitrogens is 1. The Morgan fingerprint density at radius 1 is 1.20 bits per heavy atom. The number of nitrogens with one attached hydrogen (secondary N) is 2. The number of fused-ring (bicyclic) bond motifs is 1. The van der Waals surface area contributed by atoms with Crippen LogP contribution in [0.4, 0.5) is 14.7 Å². The number of aromatic nitrogens is 4. The summed E-state index contributed by atoms with van der Waals surface area (Å²) in [5.74, 6) is -0.00697. The van der Waals surface area contributed by atoms with Crippen LogP contribution in [-0.4, -0.2) is 51.5 Å². The summed E-state index contributed by atoms with van der Waals surface area (Å²) in [7, 11) is 2.18. The summed E-state index contributed by atoms with van der Waals surface area (Å²) in [5, 5.41) is 3.32. The van der Waals surface area contributed by atoms with Gasteiger partial charge in [-0.2, -0.15) is 0 Å². The highest BCUT2D eigenvalue weighted by Gasteiger charge is 2.17. The molecule has 3 heterocycles. The molecule has 1 fully saturated rings. The van der Waals surface area contributed by atoms with E-state index in [1.54, 1.807) is 6.20 Å². The normalized spacial score (nSPS) is 15.7. The molecule has 0 aliphatic carbocycles. The Labute approximate surface area is 175 Å². The minimum atomic E-state index is -0.947. The summed E-state index contributed by atoms with van der Waals surface area (Å²) >= 11 is 0. The predicted molar refractivity (Wildman–Crippen MR) is 114 cm³/mol. The van der Waals surface area contributed by atoms with Gasteiger partial charge < -0.3 is 15.2 Å². The second kappa shape index (κ2) is 9.04. The quantitative estimate of drug-likeness (QED) is 0.561. The Balaban J connectivity index is 1.41. The number of piperidine rings is 1. The van der Waals surface area contributed by atoms with Crippen LogP contribution in [0.5, 0.6) is 0 Å². The fourth-order valence-electron chi connectivity index (χ4n) is 4.06. The van der Waals surface area contributed by atoms with Crippen molar-refractivity contribution in [3.8, 4) is 11.4 Å². The van der Waals surface area contributed by atoms with Gasteiger partial charge in [0.2, 0.25) is 5.95 Å². The van der Waals surface area contributed by atoms with Crippen LogP contribution in [0.15, 0.2) is 18.3 Å². The van der Waals surface area contributed by atoms with Gasteiger partial charge in [0.25, 0.3) is 0 Å². The molecule has 1 aliphatic rings. The minimum absolute atomic E-state index is 0.0110. The van der Waals surface area contributed by atoms with Crippen molar-refractivity contribution in [2.45, 2.75) is 39.0 Å². The highest BCUT2D eigenvalue weighted by molar-refractivity contribution is 5.80. The van der Waals surface area contributed by atoms with Gasteiger partial charge >= 0.3 is 0 Å². The molecule has 2 aromatic heterocycles. The van der Waals surface area contributed by atoms with Crippen LogP contribution >= 0.6 is 0 Å². The number of nitrogens with zero attached hydrogens (tertiary/aromatic N) is 4. The number of aryl methyl sites for hydroxylation is 1. The fraction of sp³-hybridized carbons (Fsp3) is 0.500. The molecule has 3 aromatic rings. The number of benzene rings is 1. The molecule has 30 heavy (non-hydrogen) atoms. The summed E-state index contributed by atoms with van der Waals surface area (Å²) in [6.07, 6.45) is 7.25. The van der Waals surface area contributed by atoms with E-state index in [1.807, 2.05) is 6.92 Å². The molecule has 4 rings (SSSR count). The average molecular weight is 415 g/mol. The van der Waals surface area contributed by atoms with Gasteiger partial charge in [-0.1, -0.05) is 6.92 Å². The molecule has 0 spiro atoms. The van der Waals surface area contributed by atoms with Crippen molar-refractivity contribution in [2.75, 3.05) is 32.0 Å². The summed E-state index contributed by atoms with van der Waals surface area (Å²) in [6.45, 7) is 5.23. The van der Waals surface area contributed by atoms with Gasteiger partial charge in [0.05, 0.1) is 16.8 Å². The van der Waals surface area contributed by atoms with E-state index in [0.29, 0.717) is 29.3 Å². The molecular formula is C22H28F2N6. The molecule has 0 unspecified atom stereocenters. The smallest absolute Gasteiger partial charge is 0.222 e. The SMILES string of the molecule is CCc1nc(NCCCC2CCN(C)CC2)ncc1-c1nc2c(F)c(F)ccc2[nH]1. The molecule has 8 heteroatoms. The molecule has 160 valence electrons. The third-order valence-electron chi connectivity index (χ3n) is 5.91. The zero-order chi connectivity index (χ0) is 21.1. The Kier molecular flexibility index (Phi) is 6.22. The monoisotopic (exact) mass is 414 g/mol. The topological polar surface area (TPSA) is 69.7 Å². The molecule has 1 aliphatic heterocycles. The van der Waals surface area contributed by atoms with E-state index in [1.165, 1.54) is 38.4 Å². The van der Waals surface area contributed by atoms with E-state index in [2.05, 4.69) is 37.2 Å². The van der Waals surface area contributed by atoms with Crippen LogP contribution in [0.1, 0.15) is 38.3 Å². The second-order valence-corrected chi connectivity index (χ2v) is 8.07. The Hall–Kier alpha value is -2.61. The number of aromatic amines is 1. The van der Waals surface area contributed by atoms with Gasteiger partial charge in [0.15, 0.2) is 11.6 Å². The van der Waals surface area contributed by atoms with Crippen molar-refractivity contribution in [1.29, 1.82) is 0 Å². The van der Waals surface area contributed by atoms with Crippen molar-refractivity contribution >= 4 is 17.0 Å². The lowest BCUT2D eigenvalue weighted by Gasteiger charge is -2.28. The van der Waals surface area contributed by atoms with E-state index in [-0.39, 0.29) is 5.52 Å². The summed E-state index contributed by atoms with van der Waals surface area (Å²) in [6, 6.07) is 2.58. The molecule has 0 atom stereocenters. The maximum absolute atomic E-state index is 14.0. The van der Waals surface area contributed by atoms with Gasteiger partial charge in [-0.05, 0) is 70.3 Å². The number of hydrogen-bond donors (Lipinski definition) is 2. The van der Waals surface area contributed by atoms with E-state index in [0.717, 1.165) is 30.6 Å². The average Bonchev–Trinajstić information content (AvgIpc) is 3.20. The first-order valence-corrected chi connectivity index (χ1v) is 10.7. The second-order valence-electron chi connectivity index (χ2n) is 8.07. The third-order valence-corrected chi connectivity index (χ3v) is 5.91. The van der Waals surface area contributed by atoms with Crippen LogP contribution in [0, 0.1) is 17.6 Å². The minimum Gasteiger partial charge on any atom is -0.354 e. The van der Waals surface area contributed by atoms with Crippen LogP contribution < -0.4 is 5.32 Å². The lowest BCUT2D eigenvalue weighted by Crippen LogP contribution is -2.30. The highest BCUT2D eigenvalue weighted by atomic mass is 19.2. The number of halogens is 2. The van der Waals surface area contributed by atoms with Gasteiger partial charge in [-0.25, -0.2) is 23.7 Å². The summed E-state index contributed by atoms with van der Waals surface area (Å²) in [4.78, 5) is 18.7. The highest BCUT2D eigenvalue weighted by Crippen LogP contribution is 2.26. The van der Waals surface area contributed by atoms with Crippen LogP contribution in [0.3, 0.4) is 0 Å². The van der Waals surface area contributed by atoms with Crippen molar-refractivity contribution in [3.05, 3.63) is 35.7 Å². The summed E-state index contributed by atoms with van der Waals surface area (Å²) in [5.41, 5.74) is 1.94. The molecule has 0 radical (unpaired) electrons. The molecular weight excluding hydrogens is 386 g/mol. The van der Waals surface area contributed by atoms with Crippen LogP contribution in [0.25, 0.3) is 22.4 Å². The molecule has 0 saturated carbocycles. The molecule has 2 N–H and O–H groups in total. The van der Waals surface area contributed by atoms with Gasteiger partial charge in [0, 0.05) is 12.7 Å². The number of imidazole rings is 1. The van der Waals surface area contributed by atoms with E-state index < -0.39 is 11.6 Å². The fourth-order valence-corrected chi connectivity index (χ4v) is 4.06. The van der Waals surface area contributed by atoms with Crippen molar-refractivity contribution in [1.82, 2.24) is 24.8 Å². The first-order valence-electron chi connectivity index (χ1n) is 10.7. The van der Waals surface area contributed by atoms with E-state index in [9.17, 15) is 8.78 Å². The van der Waals surface area contributed by atoms with Gasteiger partial charge in [-0.3, -0.25) is 0 Å². The number of rotatable bonds is 7. The lowest BCUT2D eigenvalue weighted by molar-refractivity contribution is 0.211. The maximum atomic E-state index is 14.0. The molecule has 1 saturated heterocycles. The molecule has 1 aromatic carbocycles. The Morgan fingerprint density at radius 3 is 2.77 bits per heavy atom. The van der Waals surface area contributed by atoms with Crippen molar-refractivity contribution in [3.63, 3.8) is 0 Å². The zero-order valence-corrected chi connectivity index (χ0v) is 17.5. The largest absolute Gasteiger partial charge is 0.354 e. The molecule has 0 bridgehead atoms. The Bertz CT molecular complexity index is 1010. The van der Waals surface area contributed by atoms with Gasteiger partial charge in [0.1, 0.15) is 11.3 Å². The standard InChI is InChI=1S/C22H28F2N6/c1-3-17-15(21-27-18-7-6-16(23)19(24)20(18)29-21)13-26-22(28-17)25-10-4-5-14-8-11-30(2)12-9-14/h6-7,13-14H,3-5,8-12H2,1-2H3,(H,27,29)(H,25,26,28). The van der Waals surface area contributed by atoms with E-state index in [4.69, 9.17) is 0 Å². The van der Waals surface area contributed by atoms with E-state index >= 15 is 0 Å². The predicted octanol–water partition coefficient (Wildman–Crippen LogP) is 4.39. The van der Waals surface area contributed by atoms with Crippen molar-refractivity contribution < 1.29 is 8.78 Å². The number of likely N-dealkylation sites (tertiary alicyclic amines) is 1. The molecule has 6 nitrogen and oxygen atoms in total. The van der Waals surface area contributed by atoms with Crippen LogP contribution in [0.2, 0.25) is 0 Å². The maximum Gasteiger partial charge on any atom is 0.222 e. The van der Waals surface area contributed by atoms with Gasteiger partial charge in [-0.15, -0.1) is 0 Å². The number of hydrogen-bond acceptors (Lipinski definition) is 5. The third kappa shape index (κ3) is 4.43. The van der Waals surface area contributed by atoms with Crippen LogP contribution in [-0.2, 0) is 6.42 Å². The summed E-state index contributed by atoms with van der Waals surface area (Å²) < 4.78 is 27.5. The first-order chi connectivity index (χ1) is 14.5.